The van der Waals surface area contributed by atoms with Gasteiger partial charge in [-0.3, -0.25) is 15.0 Å². The smallest absolute Gasteiger partial charge is 0.251 e. The van der Waals surface area contributed by atoms with E-state index in [9.17, 15) is 9.59 Å². The highest BCUT2D eigenvalue weighted by atomic mass is 16.5. The van der Waals surface area contributed by atoms with Gasteiger partial charge < -0.3 is 10.1 Å². The zero-order valence-corrected chi connectivity index (χ0v) is 9.53. The third-order valence-electron chi connectivity index (χ3n) is 2.15. The summed E-state index contributed by atoms with van der Waals surface area (Å²) in [6.07, 6.45) is 0.151. The largest absolute Gasteiger partial charge is 0.497 e. The van der Waals surface area contributed by atoms with E-state index >= 15 is 0 Å². The van der Waals surface area contributed by atoms with Crippen LogP contribution < -0.4 is 21.3 Å². The van der Waals surface area contributed by atoms with Crippen molar-refractivity contribution in [3.05, 3.63) is 29.8 Å². The molecule has 0 fully saturated rings. The lowest BCUT2D eigenvalue weighted by atomic mass is 10.2. The summed E-state index contributed by atoms with van der Waals surface area (Å²) in [6.45, 7) is 0.244. The molecule has 0 aromatic heterocycles. The van der Waals surface area contributed by atoms with Gasteiger partial charge >= 0.3 is 0 Å². The lowest BCUT2D eigenvalue weighted by Crippen LogP contribution is -2.34. The van der Waals surface area contributed by atoms with Gasteiger partial charge in [0.15, 0.2) is 0 Å². The molecule has 0 heterocycles. The van der Waals surface area contributed by atoms with Crippen LogP contribution in [0.15, 0.2) is 24.3 Å². The fourth-order valence-corrected chi connectivity index (χ4v) is 1.21. The van der Waals surface area contributed by atoms with E-state index in [0.29, 0.717) is 11.3 Å². The number of hydrogen-bond acceptors (Lipinski definition) is 4. The quantitative estimate of drug-likeness (QED) is 0.376. The Hall–Kier alpha value is -2.08. The predicted molar refractivity (Wildman–Crippen MR) is 62.3 cm³/mol. The molecule has 1 aromatic rings. The van der Waals surface area contributed by atoms with Gasteiger partial charge in [-0.05, 0) is 24.3 Å². The molecule has 0 aliphatic carbocycles. The van der Waals surface area contributed by atoms with E-state index in [1.54, 1.807) is 31.4 Å². The first kappa shape index (κ1) is 13.0. The number of amides is 2. The molecule has 6 heteroatoms. The number of hydrogen-bond donors (Lipinski definition) is 3. The Bertz CT molecular complexity index is 389. The molecule has 1 rings (SSSR count). The Morgan fingerprint density at radius 2 is 1.94 bits per heavy atom. The van der Waals surface area contributed by atoms with Crippen LogP contribution in [-0.2, 0) is 4.79 Å². The predicted octanol–water partition coefficient (Wildman–Crippen LogP) is -0.195. The highest BCUT2D eigenvalue weighted by Gasteiger charge is 2.05. The Morgan fingerprint density at radius 3 is 2.47 bits per heavy atom. The Morgan fingerprint density at radius 1 is 1.29 bits per heavy atom. The molecule has 0 spiro atoms. The third-order valence-corrected chi connectivity index (χ3v) is 2.15. The molecule has 0 atom stereocenters. The van der Waals surface area contributed by atoms with Crippen LogP contribution in [0, 0.1) is 0 Å². The minimum absolute atomic E-state index is 0.151. The Balaban J connectivity index is 2.44. The molecule has 0 aliphatic rings. The molecule has 17 heavy (non-hydrogen) atoms. The molecule has 1 aromatic carbocycles. The van der Waals surface area contributed by atoms with Gasteiger partial charge in [-0.1, -0.05) is 0 Å². The van der Waals surface area contributed by atoms with E-state index in [-0.39, 0.29) is 24.8 Å². The number of carbonyl (C=O) groups excluding carboxylic acids is 2. The summed E-state index contributed by atoms with van der Waals surface area (Å²) in [5, 5.41) is 2.61. The molecule has 92 valence electrons. The van der Waals surface area contributed by atoms with Crippen molar-refractivity contribution in [1.29, 1.82) is 0 Å². The van der Waals surface area contributed by atoms with Crippen molar-refractivity contribution in [1.82, 2.24) is 10.7 Å². The number of ether oxygens (including phenoxy) is 1. The highest BCUT2D eigenvalue weighted by Crippen LogP contribution is 2.10. The second-order valence-corrected chi connectivity index (χ2v) is 3.30. The number of nitrogens with two attached hydrogens (primary N) is 1. The number of benzene rings is 1. The summed E-state index contributed by atoms with van der Waals surface area (Å²) in [6, 6.07) is 6.69. The third kappa shape index (κ3) is 4.12. The van der Waals surface area contributed by atoms with E-state index in [2.05, 4.69) is 5.32 Å². The fraction of sp³-hybridized carbons (Fsp3) is 0.273. The van der Waals surface area contributed by atoms with Crippen molar-refractivity contribution in [2.75, 3.05) is 13.7 Å². The van der Waals surface area contributed by atoms with Gasteiger partial charge in [0.25, 0.3) is 5.91 Å². The van der Waals surface area contributed by atoms with Crippen molar-refractivity contribution < 1.29 is 14.3 Å². The Labute approximate surface area is 99.1 Å². The second kappa shape index (κ2) is 6.49. The van der Waals surface area contributed by atoms with Crippen molar-refractivity contribution in [2.45, 2.75) is 6.42 Å². The molecular formula is C11H15N3O3. The van der Waals surface area contributed by atoms with Gasteiger partial charge in [-0.15, -0.1) is 0 Å². The summed E-state index contributed by atoms with van der Waals surface area (Å²) < 4.78 is 4.98. The zero-order chi connectivity index (χ0) is 12.7. The van der Waals surface area contributed by atoms with Crippen molar-refractivity contribution in [3.8, 4) is 5.75 Å². The van der Waals surface area contributed by atoms with Crippen LogP contribution in [0.5, 0.6) is 5.75 Å². The average Bonchev–Trinajstić information content (AvgIpc) is 2.38. The minimum atomic E-state index is -0.319. The summed E-state index contributed by atoms with van der Waals surface area (Å²) in [4.78, 5) is 22.4. The van der Waals surface area contributed by atoms with Gasteiger partial charge in [0.1, 0.15) is 5.75 Å². The summed E-state index contributed by atoms with van der Waals surface area (Å²) in [5.74, 6) is 5.03. The van der Waals surface area contributed by atoms with Gasteiger partial charge in [-0.2, -0.15) is 0 Å². The molecule has 0 radical (unpaired) electrons. The average molecular weight is 237 g/mol. The monoisotopic (exact) mass is 237 g/mol. The number of rotatable bonds is 5. The van der Waals surface area contributed by atoms with Crippen LogP contribution >= 0.6 is 0 Å². The lowest BCUT2D eigenvalue weighted by molar-refractivity contribution is -0.121. The second-order valence-electron chi connectivity index (χ2n) is 3.30. The van der Waals surface area contributed by atoms with Crippen molar-refractivity contribution in [2.24, 2.45) is 5.84 Å². The van der Waals surface area contributed by atoms with Crippen LogP contribution in [0.2, 0.25) is 0 Å². The van der Waals surface area contributed by atoms with Crippen LogP contribution in [0.25, 0.3) is 0 Å². The SMILES string of the molecule is COc1ccc(C(=O)NCCC(=O)NN)cc1. The molecule has 0 unspecified atom stereocenters. The van der Waals surface area contributed by atoms with Gasteiger partial charge in [0.2, 0.25) is 5.91 Å². The topological polar surface area (TPSA) is 93.4 Å². The number of nitrogens with one attached hydrogen (secondary N) is 2. The summed E-state index contributed by atoms with van der Waals surface area (Å²) in [7, 11) is 1.56. The summed E-state index contributed by atoms with van der Waals surface area (Å²) >= 11 is 0. The maximum absolute atomic E-state index is 11.6. The first-order valence-corrected chi connectivity index (χ1v) is 5.09. The number of carbonyl (C=O) groups is 2. The van der Waals surface area contributed by atoms with E-state index in [1.807, 2.05) is 5.43 Å². The summed E-state index contributed by atoms with van der Waals surface area (Å²) in [5.41, 5.74) is 2.50. The molecule has 2 amide bonds. The van der Waals surface area contributed by atoms with Crippen molar-refractivity contribution >= 4 is 11.8 Å². The van der Waals surface area contributed by atoms with E-state index in [4.69, 9.17) is 10.6 Å². The molecule has 0 saturated heterocycles. The maximum Gasteiger partial charge on any atom is 0.251 e. The van der Waals surface area contributed by atoms with Crippen LogP contribution in [0.1, 0.15) is 16.8 Å². The molecular weight excluding hydrogens is 222 g/mol. The fourth-order valence-electron chi connectivity index (χ4n) is 1.21. The van der Waals surface area contributed by atoms with Gasteiger partial charge in [0, 0.05) is 18.5 Å². The molecule has 0 saturated carbocycles. The van der Waals surface area contributed by atoms with Crippen LogP contribution in [0.4, 0.5) is 0 Å². The lowest BCUT2D eigenvalue weighted by Gasteiger charge is -2.05. The standard InChI is InChI=1S/C11H15N3O3/c1-17-9-4-2-8(3-5-9)11(16)13-7-6-10(15)14-12/h2-5H,6-7,12H2,1H3,(H,13,16)(H,14,15). The van der Waals surface area contributed by atoms with E-state index in [0.717, 1.165) is 0 Å². The normalized spacial score (nSPS) is 9.53. The van der Waals surface area contributed by atoms with Gasteiger partial charge in [-0.25, -0.2) is 5.84 Å². The maximum atomic E-state index is 11.6. The first-order chi connectivity index (χ1) is 8.17. The first-order valence-electron chi connectivity index (χ1n) is 5.09. The number of hydrazine groups is 1. The van der Waals surface area contributed by atoms with Crippen LogP contribution in [-0.4, -0.2) is 25.5 Å². The minimum Gasteiger partial charge on any atom is -0.497 e. The number of methoxy groups -OCH3 is 1. The van der Waals surface area contributed by atoms with Gasteiger partial charge in [0.05, 0.1) is 7.11 Å². The molecule has 0 aliphatic heterocycles. The Kier molecular flexibility index (Phi) is 4.96. The van der Waals surface area contributed by atoms with Crippen molar-refractivity contribution in [3.63, 3.8) is 0 Å². The molecule has 6 nitrogen and oxygen atoms in total. The zero-order valence-electron chi connectivity index (χ0n) is 9.53. The van der Waals surface area contributed by atoms with E-state index in [1.165, 1.54) is 0 Å². The highest BCUT2D eigenvalue weighted by molar-refractivity contribution is 5.94. The van der Waals surface area contributed by atoms with Crippen LogP contribution in [0.3, 0.4) is 0 Å². The molecule has 0 bridgehead atoms. The van der Waals surface area contributed by atoms with E-state index < -0.39 is 0 Å². The molecule has 4 N–H and O–H groups in total.